The maximum absolute atomic E-state index is 11.4. The molecule has 1 aliphatic rings. The van der Waals surface area contributed by atoms with Crippen molar-refractivity contribution >= 4 is 28.4 Å². The fraction of sp³-hybridized carbons (Fsp3) is 0.545. The van der Waals surface area contributed by atoms with Gasteiger partial charge in [-0.2, -0.15) is 4.37 Å². The first kappa shape index (κ1) is 12.8. The van der Waals surface area contributed by atoms with E-state index in [4.69, 9.17) is 5.11 Å². The Morgan fingerprint density at radius 2 is 2.17 bits per heavy atom. The summed E-state index contributed by atoms with van der Waals surface area (Å²) >= 11 is 1.13. The summed E-state index contributed by atoms with van der Waals surface area (Å²) in [5.41, 5.74) is 0.727. The number of carbonyl (C=O) groups excluding carboxylic acids is 1. The number of aromatic carboxylic acids is 1. The summed E-state index contributed by atoms with van der Waals surface area (Å²) in [4.78, 5) is 22.4. The Hall–Kier alpha value is -1.63. The molecule has 1 fully saturated rings. The molecule has 1 heterocycles. The Labute approximate surface area is 109 Å². The van der Waals surface area contributed by atoms with Crippen molar-refractivity contribution in [3.63, 3.8) is 0 Å². The van der Waals surface area contributed by atoms with E-state index >= 15 is 0 Å². The topological polar surface area (TPSA) is 91.3 Å². The van der Waals surface area contributed by atoms with Gasteiger partial charge in [-0.25, -0.2) is 4.79 Å². The van der Waals surface area contributed by atoms with Gasteiger partial charge < -0.3 is 15.7 Å². The van der Waals surface area contributed by atoms with E-state index in [-0.39, 0.29) is 17.4 Å². The van der Waals surface area contributed by atoms with Crippen molar-refractivity contribution in [2.75, 3.05) is 18.4 Å². The molecule has 1 aliphatic carbocycles. The summed E-state index contributed by atoms with van der Waals surface area (Å²) in [6.07, 6.45) is 1.97. The molecule has 0 bridgehead atoms. The summed E-state index contributed by atoms with van der Waals surface area (Å²) in [6, 6.07) is 0. The van der Waals surface area contributed by atoms with Crippen molar-refractivity contribution in [1.82, 2.24) is 9.69 Å². The first-order valence-electron chi connectivity index (χ1n) is 5.80. The highest BCUT2D eigenvalue weighted by Gasteiger charge is 2.29. The van der Waals surface area contributed by atoms with Crippen molar-refractivity contribution in [2.24, 2.45) is 5.92 Å². The van der Waals surface area contributed by atoms with Crippen molar-refractivity contribution < 1.29 is 14.7 Å². The lowest BCUT2D eigenvalue weighted by molar-refractivity contribution is -0.122. The Morgan fingerprint density at radius 3 is 2.78 bits per heavy atom. The Balaban J connectivity index is 1.79. The monoisotopic (exact) mass is 269 g/mol. The van der Waals surface area contributed by atoms with Crippen LogP contribution in [-0.4, -0.2) is 34.4 Å². The smallest absolute Gasteiger partial charge is 0.340 e. The van der Waals surface area contributed by atoms with Crippen molar-refractivity contribution in [3.05, 3.63) is 11.3 Å². The van der Waals surface area contributed by atoms with Gasteiger partial charge in [0.05, 0.1) is 5.69 Å². The lowest BCUT2D eigenvalue weighted by Crippen LogP contribution is -2.29. The standard InChI is InChI=1S/C11H15N3O3S/c1-6-8(11(16)17)10(18-14-6)13-5-4-12-9(15)7-2-3-7/h7,13H,2-5H2,1H3,(H,12,15)(H,16,17). The molecule has 0 saturated heterocycles. The number of anilines is 1. The highest BCUT2D eigenvalue weighted by atomic mass is 32.1. The number of carboxylic acids is 1. The van der Waals surface area contributed by atoms with Gasteiger partial charge in [0.2, 0.25) is 5.91 Å². The zero-order valence-electron chi connectivity index (χ0n) is 10.0. The molecule has 0 atom stereocenters. The van der Waals surface area contributed by atoms with E-state index in [1.807, 2.05) is 0 Å². The second-order valence-electron chi connectivity index (χ2n) is 4.27. The van der Waals surface area contributed by atoms with Gasteiger partial charge in [0.25, 0.3) is 0 Å². The van der Waals surface area contributed by atoms with E-state index in [0.29, 0.717) is 23.8 Å². The molecule has 2 rings (SSSR count). The summed E-state index contributed by atoms with van der Waals surface area (Å²) in [5, 5.41) is 15.4. The predicted octanol–water partition coefficient (Wildman–Crippen LogP) is 1.09. The molecule has 98 valence electrons. The van der Waals surface area contributed by atoms with Gasteiger partial charge in [0.15, 0.2) is 0 Å². The quantitative estimate of drug-likeness (QED) is 0.672. The number of nitrogens with zero attached hydrogens (tertiary/aromatic N) is 1. The number of amides is 1. The second kappa shape index (κ2) is 5.34. The fourth-order valence-corrected chi connectivity index (χ4v) is 2.41. The minimum absolute atomic E-state index is 0.0933. The minimum atomic E-state index is -0.981. The van der Waals surface area contributed by atoms with E-state index in [1.165, 1.54) is 0 Å². The predicted molar refractivity (Wildman–Crippen MR) is 68.0 cm³/mol. The number of nitrogens with one attached hydrogen (secondary N) is 2. The van der Waals surface area contributed by atoms with Gasteiger partial charge in [-0.05, 0) is 31.3 Å². The molecule has 0 spiro atoms. The fourth-order valence-electron chi connectivity index (χ4n) is 1.59. The Bertz CT molecular complexity index is 468. The molecule has 1 saturated carbocycles. The van der Waals surface area contributed by atoms with E-state index in [0.717, 1.165) is 24.4 Å². The first-order valence-corrected chi connectivity index (χ1v) is 6.58. The van der Waals surface area contributed by atoms with E-state index < -0.39 is 5.97 Å². The van der Waals surface area contributed by atoms with Crippen LogP contribution >= 0.6 is 11.5 Å². The molecule has 1 aromatic rings. The van der Waals surface area contributed by atoms with Gasteiger partial charge in [-0.1, -0.05) is 0 Å². The first-order chi connectivity index (χ1) is 8.59. The van der Waals surface area contributed by atoms with Crippen LogP contribution in [0.25, 0.3) is 0 Å². The number of aryl methyl sites for hydroxylation is 1. The van der Waals surface area contributed by atoms with E-state index in [1.54, 1.807) is 6.92 Å². The zero-order valence-corrected chi connectivity index (χ0v) is 10.8. The average Bonchev–Trinajstić information content (AvgIpc) is 3.09. The van der Waals surface area contributed by atoms with E-state index in [2.05, 4.69) is 15.0 Å². The maximum Gasteiger partial charge on any atom is 0.340 e. The van der Waals surface area contributed by atoms with Crippen molar-refractivity contribution in [3.8, 4) is 0 Å². The van der Waals surface area contributed by atoms with Gasteiger partial charge >= 0.3 is 5.97 Å². The SMILES string of the molecule is Cc1nsc(NCCNC(=O)C2CC2)c1C(=O)O. The van der Waals surface area contributed by atoms with E-state index in [9.17, 15) is 9.59 Å². The van der Waals surface area contributed by atoms with Crippen LogP contribution in [-0.2, 0) is 4.79 Å². The molecule has 0 aliphatic heterocycles. The molecule has 3 N–H and O–H groups in total. The molecule has 1 aromatic heterocycles. The lowest BCUT2D eigenvalue weighted by Gasteiger charge is -2.06. The number of carbonyl (C=O) groups is 2. The van der Waals surface area contributed by atoms with Gasteiger partial charge in [0, 0.05) is 19.0 Å². The van der Waals surface area contributed by atoms with Gasteiger partial charge in [-0.15, -0.1) is 0 Å². The maximum atomic E-state index is 11.4. The number of aromatic nitrogens is 1. The van der Waals surface area contributed by atoms with Crippen LogP contribution in [0.1, 0.15) is 28.9 Å². The van der Waals surface area contributed by atoms with Crippen LogP contribution in [0.4, 0.5) is 5.00 Å². The highest BCUT2D eigenvalue weighted by Crippen LogP contribution is 2.28. The third-order valence-corrected chi connectivity index (χ3v) is 3.63. The molecule has 0 aromatic carbocycles. The molecule has 7 heteroatoms. The summed E-state index contributed by atoms with van der Waals surface area (Å²) < 4.78 is 4.00. The molecule has 0 unspecified atom stereocenters. The number of rotatable bonds is 6. The largest absolute Gasteiger partial charge is 0.478 e. The lowest BCUT2D eigenvalue weighted by atomic mass is 10.2. The third kappa shape index (κ3) is 2.98. The summed E-state index contributed by atoms with van der Waals surface area (Å²) in [6.45, 7) is 2.66. The molecule has 18 heavy (non-hydrogen) atoms. The van der Waals surface area contributed by atoms with Crippen LogP contribution in [0.3, 0.4) is 0 Å². The second-order valence-corrected chi connectivity index (χ2v) is 5.04. The summed E-state index contributed by atoms with van der Waals surface area (Å²) in [5.74, 6) is -0.688. The van der Waals surface area contributed by atoms with Crippen molar-refractivity contribution in [1.29, 1.82) is 0 Å². The molecular weight excluding hydrogens is 254 g/mol. The van der Waals surface area contributed by atoms with Crippen LogP contribution in [0.5, 0.6) is 0 Å². The summed E-state index contributed by atoms with van der Waals surface area (Å²) in [7, 11) is 0. The number of carboxylic acid groups (broad SMARTS) is 1. The Morgan fingerprint density at radius 1 is 1.44 bits per heavy atom. The third-order valence-electron chi connectivity index (χ3n) is 2.73. The van der Waals surface area contributed by atoms with Crippen LogP contribution in [0.2, 0.25) is 0 Å². The highest BCUT2D eigenvalue weighted by molar-refractivity contribution is 7.10. The van der Waals surface area contributed by atoms with Crippen LogP contribution < -0.4 is 10.6 Å². The average molecular weight is 269 g/mol. The molecular formula is C11H15N3O3S. The molecule has 1 amide bonds. The van der Waals surface area contributed by atoms with Crippen LogP contribution in [0.15, 0.2) is 0 Å². The van der Waals surface area contributed by atoms with Gasteiger partial charge in [-0.3, -0.25) is 4.79 Å². The van der Waals surface area contributed by atoms with Gasteiger partial charge in [0.1, 0.15) is 10.6 Å². The van der Waals surface area contributed by atoms with Crippen molar-refractivity contribution in [2.45, 2.75) is 19.8 Å². The number of hydrogen-bond acceptors (Lipinski definition) is 5. The van der Waals surface area contributed by atoms with Crippen LogP contribution in [0, 0.1) is 12.8 Å². The molecule has 6 nitrogen and oxygen atoms in total. The molecule has 0 radical (unpaired) electrons. The number of hydrogen-bond donors (Lipinski definition) is 3. The normalized spacial score (nSPS) is 14.3. The minimum Gasteiger partial charge on any atom is -0.478 e. The zero-order chi connectivity index (χ0) is 13.1. The Kier molecular flexibility index (Phi) is 3.81.